The van der Waals surface area contributed by atoms with E-state index >= 15 is 0 Å². The Morgan fingerprint density at radius 1 is 1.07 bits per heavy atom. The minimum atomic E-state index is -3.54. The predicted octanol–water partition coefficient (Wildman–Crippen LogP) is -0.701. The molecule has 4 heterocycles. The summed E-state index contributed by atoms with van der Waals surface area (Å²) < 4.78 is 34.8. The lowest BCUT2D eigenvalue weighted by Crippen LogP contribution is -2.51. The number of rotatable bonds is 3. The lowest BCUT2D eigenvalue weighted by molar-refractivity contribution is 0.0693. The van der Waals surface area contributed by atoms with Crippen LogP contribution < -0.4 is 11.2 Å². The first kappa shape index (κ1) is 18.3. The van der Waals surface area contributed by atoms with Crippen LogP contribution in [0.2, 0.25) is 0 Å². The molecule has 0 radical (unpaired) electrons. The summed E-state index contributed by atoms with van der Waals surface area (Å²) in [5, 5.41) is 0.348. The van der Waals surface area contributed by atoms with Crippen molar-refractivity contribution in [2.45, 2.75) is 18.9 Å². The fourth-order valence-corrected chi connectivity index (χ4v) is 5.27. The van der Waals surface area contributed by atoms with Gasteiger partial charge in [0, 0.05) is 38.4 Å². The molecule has 0 spiro atoms. The van der Waals surface area contributed by atoms with Crippen molar-refractivity contribution in [1.82, 2.24) is 23.1 Å². The van der Waals surface area contributed by atoms with Gasteiger partial charge in [-0.1, -0.05) is 0 Å². The topological polar surface area (TPSA) is 118 Å². The van der Waals surface area contributed by atoms with E-state index in [2.05, 4.69) is 9.97 Å². The number of pyridine rings is 1. The molecule has 0 saturated carbocycles. The van der Waals surface area contributed by atoms with Gasteiger partial charge in [-0.3, -0.25) is 14.3 Å². The minimum Gasteiger partial charge on any atom is -0.379 e. The number of hydrogen-bond acceptors (Lipinski definition) is 6. The molecule has 0 amide bonds. The van der Waals surface area contributed by atoms with Gasteiger partial charge in [0.15, 0.2) is 0 Å². The Morgan fingerprint density at radius 3 is 2.44 bits per heavy atom. The maximum atomic E-state index is 12.7. The zero-order valence-corrected chi connectivity index (χ0v) is 15.5. The van der Waals surface area contributed by atoms with Gasteiger partial charge in [-0.15, -0.1) is 0 Å². The average molecular weight is 395 g/mol. The number of nitrogens with one attached hydrogen (secondary N) is 1. The van der Waals surface area contributed by atoms with Gasteiger partial charge >= 0.3 is 5.69 Å². The van der Waals surface area contributed by atoms with Gasteiger partial charge in [0.25, 0.3) is 15.8 Å². The fourth-order valence-electron chi connectivity index (χ4n) is 3.66. The molecule has 2 aliphatic heterocycles. The molecule has 2 aromatic rings. The van der Waals surface area contributed by atoms with Crippen molar-refractivity contribution in [1.29, 1.82) is 0 Å². The molecule has 2 saturated heterocycles. The van der Waals surface area contributed by atoms with Crippen LogP contribution in [0.25, 0.3) is 11.0 Å². The monoisotopic (exact) mass is 395 g/mol. The molecular formula is C16H21N5O5S. The number of aromatic amines is 1. The molecule has 0 aromatic carbocycles. The Labute approximate surface area is 155 Å². The first-order valence-electron chi connectivity index (χ1n) is 8.91. The van der Waals surface area contributed by atoms with E-state index < -0.39 is 21.5 Å². The highest BCUT2D eigenvalue weighted by Crippen LogP contribution is 2.24. The Morgan fingerprint density at radius 2 is 1.74 bits per heavy atom. The standard InChI is InChI=1S/C16H21N5O5S/c22-15-13-2-1-5-17-14(13)18-16(23)21(15)12-3-6-19(7-4-12)27(24,25)20-8-10-26-11-9-20/h1-2,5,12H,3-4,6-11H2,(H,17,18,23). The predicted molar refractivity (Wildman–Crippen MR) is 97.8 cm³/mol. The highest BCUT2D eigenvalue weighted by atomic mass is 32.2. The molecule has 11 heteroatoms. The second-order valence-corrected chi connectivity index (χ2v) is 8.58. The number of hydrogen-bond donors (Lipinski definition) is 1. The van der Waals surface area contributed by atoms with E-state index in [0.717, 1.165) is 0 Å². The van der Waals surface area contributed by atoms with Crippen molar-refractivity contribution < 1.29 is 13.2 Å². The summed E-state index contributed by atoms with van der Waals surface area (Å²) in [5.41, 5.74) is -0.645. The van der Waals surface area contributed by atoms with Crippen LogP contribution in [-0.4, -0.2) is 71.0 Å². The maximum absolute atomic E-state index is 12.7. The molecule has 0 aliphatic carbocycles. The molecule has 1 N–H and O–H groups in total. The van der Waals surface area contributed by atoms with E-state index in [1.165, 1.54) is 19.4 Å². The van der Waals surface area contributed by atoms with Crippen LogP contribution in [0.1, 0.15) is 18.9 Å². The van der Waals surface area contributed by atoms with Gasteiger partial charge in [-0.25, -0.2) is 9.78 Å². The summed E-state index contributed by atoms with van der Waals surface area (Å²) in [7, 11) is -3.54. The third-order valence-corrected chi connectivity index (χ3v) is 7.15. The number of aromatic nitrogens is 3. The van der Waals surface area contributed by atoms with Crippen LogP contribution in [0.15, 0.2) is 27.9 Å². The smallest absolute Gasteiger partial charge is 0.330 e. The number of ether oxygens (including phenoxy) is 1. The van der Waals surface area contributed by atoms with Crippen molar-refractivity contribution >= 4 is 21.2 Å². The summed E-state index contributed by atoms with van der Waals surface area (Å²) >= 11 is 0. The number of piperidine rings is 1. The van der Waals surface area contributed by atoms with Crippen LogP contribution in [0.5, 0.6) is 0 Å². The second kappa shape index (κ2) is 7.15. The number of H-pyrrole nitrogens is 1. The first-order valence-corrected chi connectivity index (χ1v) is 10.3. The van der Waals surface area contributed by atoms with Crippen LogP contribution in [0.3, 0.4) is 0 Å². The van der Waals surface area contributed by atoms with Crippen molar-refractivity contribution in [2.24, 2.45) is 0 Å². The molecule has 146 valence electrons. The largest absolute Gasteiger partial charge is 0.379 e. The van der Waals surface area contributed by atoms with E-state index in [4.69, 9.17) is 4.74 Å². The quantitative estimate of drug-likeness (QED) is 0.734. The number of morpholine rings is 1. The molecule has 10 nitrogen and oxygen atoms in total. The van der Waals surface area contributed by atoms with Crippen molar-refractivity contribution in [3.8, 4) is 0 Å². The molecule has 4 rings (SSSR count). The third kappa shape index (κ3) is 3.31. The molecule has 0 unspecified atom stereocenters. The molecular weight excluding hydrogens is 374 g/mol. The molecule has 2 aliphatic rings. The third-order valence-electron chi connectivity index (χ3n) is 5.11. The van der Waals surface area contributed by atoms with E-state index in [0.29, 0.717) is 44.5 Å². The zero-order valence-electron chi connectivity index (χ0n) is 14.7. The van der Waals surface area contributed by atoms with Crippen LogP contribution >= 0.6 is 0 Å². The molecule has 2 fully saturated rings. The second-order valence-electron chi connectivity index (χ2n) is 6.65. The SMILES string of the molecule is O=c1[nH]c2ncccc2c(=O)n1C1CCN(S(=O)(=O)N2CCOCC2)CC1. The first-order chi connectivity index (χ1) is 13.0. The van der Waals surface area contributed by atoms with Crippen molar-refractivity contribution in [3.63, 3.8) is 0 Å². The molecule has 27 heavy (non-hydrogen) atoms. The van der Waals surface area contributed by atoms with E-state index in [1.54, 1.807) is 12.1 Å². The van der Waals surface area contributed by atoms with E-state index in [1.807, 2.05) is 0 Å². The van der Waals surface area contributed by atoms with Gasteiger partial charge in [-0.05, 0) is 25.0 Å². The van der Waals surface area contributed by atoms with Gasteiger partial charge in [-0.2, -0.15) is 17.0 Å². The Kier molecular flexibility index (Phi) is 4.84. The summed E-state index contributed by atoms with van der Waals surface area (Å²) in [6.07, 6.45) is 2.31. The van der Waals surface area contributed by atoms with Gasteiger partial charge in [0.1, 0.15) is 5.65 Å². The molecule has 0 bridgehead atoms. The highest BCUT2D eigenvalue weighted by molar-refractivity contribution is 7.86. The lowest BCUT2D eigenvalue weighted by atomic mass is 10.1. The zero-order chi connectivity index (χ0) is 19.0. The maximum Gasteiger partial charge on any atom is 0.330 e. The van der Waals surface area contributed by atoms with Crippen LogP contribution in [0, 0.1) is 0 Å². The van der Waals surface area contributed by atoms with Crippen LogP contribution in [0.4, 0.5) is 0 Å². The van der Waals surface area contributed by atoms with Crippen LogP contribution in [-0.2, 0) is 14.9 Å². The number of fused-ring (bicyclic) bond motifs is 1. The summed E-state index contributed by atoms with van der Waals surface area (Å²) in [6, 6.07) is 2.92. The van der Waals surface area contributed by atoms with E-state index in [9.17, 15) is 18.0 Å². The lowest BCUT2D eigenvalue weighted by Gasteiger charge is -2.36. The van der Waals surface area contributed by atoms with Gasteiger partial charge in [0.05, 0.1) is 18.6 Å². The average Bonchev–Trinajstić information content (AvgIpc) is 2.69. The Hall–Kier alpha value is -2.08. The molecule has 0 atom stereocenters. The Bertz CT molecular complexity index is 1050. The summed E-state index contributed by atoms with van der Waals surface area (Å²) in [5.74, 6) is 0. The minimum absolute atomic E-state index is 0.260. The van der Waals surface area contributed by atoms with E-state index in [-0.39, 0.29) is 24.8 Å². The van der Waals surface area contributed by atoms with Crippen molar-refractivity contribution in [2.75, 3.05) is 39.4 Å². The van der Waals surface area contributed by atoms with Gasteiger partial charge in [0.2, 0.25) is 0 Å². The highest BCUT2D eigenvalue weighted by Gasteiger charge is 2.34. The molecule has 2 aromatic heterocycles. The van der Waals surface area contributed by atoms with Crippen molar-refractivity contribution in [3.05, 3.63) is 39.2 Å². The normalized spacial score (nSPS) is 20.9. The number of nitrogens with zero attached hydrogens (tertiary/aromatic N) is 4. The summed E-state index contributed by atoms with van der Waals surface area (Å²) in [4.78, 5) is 31.8. The van der Waals surface area contributed by atoms with Gasteiger partial charge < -0.3 is 4.74 Å². The summed E-state index contributed by atoms with van der Waals surface area (Å²) in [6.45, 7) is 2.01. The fraction of sp³-hybridized carbons (Fsp3) is 0.562. The Balaban J connectivity index is 1.55.